The van der Waals surface area contributed by atoms with Crippen molar-refractivity contribution in [1.82, 2.24) is 10.2 Å². The predicted molar refractivity (Wildman–Crippen MR) is 129 cm³/mol. The van der Waals surface area contributed by atoms with Gasteiger partial charge in [0.2, 0.25) is 5.91 Å². The molecule has 32 heavy (non-hydrogen) atoms. The van der Waals surface area contributed by atoms with Crippen molar-refractivity contribution < 1.29 is 14.3 Å². The minimum Gasteiger partial charge on any atom is -0.493 e. The Balaban J connectivity index is 1.60. The molecular formula is C27H38N2O3. The maximum Gasteiger partial charge on any atom is 0.228 e. The van der Waals surface area contributed by atoms with Crippen molar-refractivity contribution >= 4 is 5.91 Å². The highest BCUT2D eigenvalue weighted by Crippen LogP contribution is 2.32. The molecule has 1 aliphatic heterocycles. The lowest BCUT2D eigenvalue weighted by Gasteiger charge is -2.31. The van der Waals surface area contributed by atoms with E-state index in [1.54, 1.807) is 14.2 Å². The molecule has 174 valence electrons. The number of hydrogen-bond donors (Lipinski definition) is 1. The summed E-state index contributed by atoms with van der Waals surface area (Å²) in [5.41, 5.74) is 4.92. The summed E-state index contributed by atoms with van der Waals surface area (Å²) in [6.45, 7) is 8.18. The SMILES string of the molecule is CCC(NCCc1ccc(CC(C)C)cc1)N1CCc2cc(OC)c(OC)cc2CC1=O. The molecule has 5 heteroatoms. The van der Waals surface area contributed by atoms with Crippen LogP contribution >= 0.6 is 0 Å². The van der Waals surface area contributed by atoms with E-state index in [4.69, 9.17) is 9.47 Å². The van der Waals surface area contributed by atoms with E-state index < -0.39 is 0 Å². The van der Waals surface area contributed by atoms with Crippen molar-refractivity contribution in [2.45, 2.75) is 59.0 Å². The highest BCUT2D eigenvalue weighted by Gasteiger charge is 2.27. The molecule has 0 fully saturated rings. The maximum absolute atomic E-state index is 13.1. The van der Waals surface area contributed by atoms with Gasteiger partial charge in [-0.15, -0.1) is 0 Å². The number of methoxy groups -OCH3 is 2. The van der Waals surface area contributed by atoms with Crippen molar-refractivity contribution in [3.05, 3.63) is 58.7 Å². The van der Waals surface area contributed by atoms with Crippen molar-refractivity contribution in [1.29, 1.82) is 0 Å². The van der Waals surface area contributed by atoms with Crippen LogP contribution in [0.15, 0.2) is 36.4 Å². The van der Waals surface area contributed by atoms with Gasteiger partial charge in [-0.05, 0) is 66.0 Å². The van der Waals surface area contributed by atoms with Crippen LogP contribution in [0, 0.1) is 5.92 Å². The molecule has 0 bridgehead atoms. The number of rotatable bonds is 10. The first kappa shape index (κ1) is 24.1. The van der Waals surface area contributed by atoms with E-state index in [1.807, 2.05) is 17.0 Å². The van der Waals surface area contributed by atoms with Crippen LogP contribution in [0.3, 0.4) is 0 Å². The number of amides is 1. The fraction of sp³-hybridized carbons (Fsp3) is 0.519. The smallest absolute Gasteiger partial charge is 0.228 e. The molecule has 0 spiro atoms. The quantitative estimate of drug-likeness (QED) is 0.597. The Morgan fingerprint density at radius 3 is 2.22 bits per heavy atom. The van der Waals surface area contributed by atoms with Gasteiger partial charge in [-0.3, -0.25) is 10.1 Å². The largest absolute Gasteiger partial charge is 0.493 e. The fourth-order valence-corrected chi connectivity index (χ4v) is 4.49. The minimum atomic E-state index is 0.0424. The van der Waals surface area contributed by atoms with Crippen LogP contribution in [-0.4, -0.2) is 44.3 Å². The summed E-state index contributed by atoms with van der Waals surface area (Å²) in [5.74, 6) is 2.23. The molecule has 1 atom stereocenters. The number of nitrogens with one attached hydrogen (secondary N) is 1. The molecule has 1 unspecified atom stereocenters. The molecule has 2 aromatic rings. The lowest BCUT2D eigenvalue weighted by atomic mass is 10.0. The topological polar surface area (TPSA) is 50.8 Å². The average Bonchev–Trinajstić information content (AvgIpc) is 2.94. The lowest BCUT2D eigenvalue weighted by Crippen LogP contribution is -2.49. The molecule has 0 saturated heterocycles. The van der Waals surface area contributed by atoms with E-state index >= 15 is 0 Å². The van der Waals surface area contributed by atoms with Crippen LogP contribution in [0.1, 0.15) is 49.4 Å². The second kappa shape index (κ2) is 11.4. The Labute approximate surface area is 193 Å². The highest BCUT2D eigenvalue weighted by atomic mass is 16.5. The Kier molecular flexibility index (Phi) is 8.57. The van der Waals surface area contributed by atoms with Crippen LogP contribution in [-0.2, 0) is 30.5 Å². The molecule has 0 saturated carbocycles. The van der Waals surface area contributed by atoms with Gasteiger partial charge >= 0.3 is 0 Å². The van der Waals surface area contributed by atoms with Gasteiger partial charge in [0.25, 0.3) is 0 Å². The number of carbonyl (C=O) groups is 1. The normalized spacial score (nSPS) is 14.8. The van der Waals surface area contributed by atoms with Crippen molar-refractivity contribution in [3.63, 3.8) is 0 Å². The zero-order valence-electron chi connectivity index (χ0n) is 20.2. The summed E-state index contributed by atoms with van der Waals surface area (Å²) in [7, 11) is 3.28. The van der Waals surface area contributed by atoms with E-state index in [-0.39, 0.29) is 12.1 Å². The molecule has 2 aromatic carbocycles. The maximum atomic E-state index is 13.1. The first-order valence-electron chi connectivity index (χ1n) is 11.8. The monoisotopic (exact) mass is 438 g/mol. The highest BCUT2D eigenvalue weighted by molar-refractivity contribution is 5.80. The van der Waals surface area contributed by atoms with Crippen LogP contribution in [0.5, 0.6) is 11.5 Å². The molecule has 1 amide bonds. The van der Waals surface area contributed by atoms with Crippen molar-refractivity contribution in [2.75, 3.05) is 27.3 Å². The summed E-state index contributed by atoms with van der Waals surface area (Å²) in [4.78, 5) is 15.1. The standard InChI is InChI=1S/C27H38N2O3/c1-6-26(28-13-11-20-7-9-21(10-8-20)15-19(2)3)29-14-12-22-16-24(31-4)25(32-5)17-23(22)18-27(29)30/h7-10,16-17,19,26,28H,6,11-15,18H2,1-5H3. The number of benzene rings is 2. The van der Waals surface area contributed by atoms with Crippen LogP contribution < -0.4 is 14.8 Å². The predicted octanol–water partition coefficient (Wildman–Crippen LogP) is 4.40. The van der Waals surface area contributed by atoms with E-state index in [1.165, 1.54) is 11.1 Å². The minimum absolute atomic E-state index is 0.0424. The molecule has 1 aliphatic rings. The van der Waals surface area contributed by atoms with E-state index in [0.29, 0.717) is 24.6 Å². The summed E-state index contributed by atoms with van der Waals surface area (Å²) in [6.07, 6.45) is 4.20. The Hall–Kier alpha value is -2.53. The van der Waals surface area contributed by atoms with E-state index in [0.717, 1.165) is 49.1 Å². The third kappa shape index (κ3) is 6.04. The second-order valence-electron chi connectivity index (χ2n) is 9.03. The second-order valence-corrected chi connectivity index (χ2v) is 9.03. The zero-order valence-corrected chi connectivity index (χ0v) is 20.2. The van der Waals surface area contributed by atoms with E-state index in [2.05, 4.69) is 50.4 Å². The molecule has 3 rings (SSSR count). The first-order valence-corrected chi connectivity index (χ1v) is 11.8. The molecule has 0 aliphatic carbocycles. The first-order chi connectivity index (χ1) is 15.4. The van der Waals surface area contributed by atoms with E-state index in [9.17, 15) is 4.79 Å². The van der Waals surface area contributed by atoms with Crippen molar-refractivity contribution in [3.8, 4) is 11.5 Å². The summed E-state index contributed by atoms with van der Waals surface area (Å²) >= 11 is 0. The van der Waals surface area contributed by atoms with Crippen molar-refractivity contribution in [2.24, 2.45) is 5.92 Å². The van der Waals surface area contributed by atoms with Gasteiger partial charge in [-0.1, -0.05) is 45.0 Å². The van der Waals surface area contributed by atoms with Gasteiger partial charge < -0.3 is 14.4 Å². The summed E-state index contributed by atoms with van der Waals surface area (Å²) in [5, 5.41) is 3.62. The lowest BCUT2D eigenvalue weighted by molar-refractivity contribution is -0.133. The number of hydrogen-bond acceptors (Lipinski definition) is 4. The third-order valence-corrected chi connectivity index (χ3v) is 6.21. The summed E-state index contributed by atoms with van der Waals surface area (Å²) < 4.78 is 10.9. The molecule has 5 nitrogen and oxygen atoms in total. The molecular weight excluding hydrogens is 400 g/mol. The summed E-state index contributed by atoms with van der Waals surface area (Å²) in [6, 6.07) is 12.9. The number of fused-ring (bicyclic) bond motifs is 1. The Morgan fingerprint density at radius 2 is 1.62 bits per heavy atom. The number of ether oxygens (including phenoxy) is 2. The van der Waals surface area contributed by atoms with Crippen LogP contribution in [0.2, 0.25) is 0 Å². The Bertz CT molecular complexity index is 893. The van der Waals surface area contributed by atoms with Gasteiger partial charge in [0.05, 0.1) is 26.8 Å². The number of nitrogens with zero attached hydrogens (tertiary/aromatic N) is 1. The molecule has 1 N–H and O–H groups in total. The third-order valence-electron chi connectivity index (χ3n) is 6.21. The average molecular weight is 439 g/mol. The van der Waals surface area contributed by atoms with Crippen LogP contribution in [0.25, 0.3) is 0 Å². The van der Waals surface area contributed by atoms with Gasteiger partial charge in [-0.25, -0.2) is 0 Å². The van der Waals surface area contributed by atoms with Crippen LogP contribution in [0.4, 0.5) is 0 Å². The molecule has 0 radical (unpaired) electrons. The van der Waals surface area contributed by atoms with Gasteiger partial charge in [0.15, 0.2) is 11.5 Å². The molecule has 1 heterocycles. The Morgan fingerprint density at radius 1 is 1.00 bits per heavy atom. The fourth-order valence-electron chi connectivity index (χ4n) is 4.49. The molecule has 0 aromatic heterocycles. The van der Waals surface area contributed by atoms with Gasteiger partial charge in [0.1, 0.15) is 0 Å². The zero-order chi connectivity index (χ0) is 23.1. The number of carbonyl (C=O) groups excluding carboxylic acids is 1. The van der Waals surface area contributed by atoms with Gasteiger partial charge in [0, 0.05) is 13.1 Å². The van der Waals surface area contributed by atoms with Gasteiger partial charge in [-0.2, -0.15) is 0 Å².